The van der Waals surface area contributed by atoms with E-state index < -0.39 is 0 Å². The summed E-state index contributed by atoms with van der Waals surface area (Å²) < 4.78 is 0. The van der Waals surface area contributed by atoms with E-state index in [-0.39, 0.29) is 0 Å². The van der Waals surface area contributed by atoms with Gasteiger partial charge < -0.3 is 5.73 Å². The molecule has 0 unspecified atom stereocenters. The molecule has 0 aliphatic heterocycles. The summed E-state index contributed by atoms with van der Waals surface area (Å²) in [5, 5.41) is 0. The van der Waals surface area contributed by atoms with Gasteiger partial charge in [0.1, 0.15) is 0 Å². The maximum absolute atomic E-state index is 5.35. The third-order valence-corrected chi connectivity index (χ3v) is 1.34. The monoisotopic (exact) mass is 151 g/mol. The number of hydrogen-bond donors (Lipinski definition) is 1. The SMILES string of the molecule is C=C(/C=C\C=C/C)CCCN. The van der Waals surface area contributed by atoms with E-state index in [1.54, 1.807) is 0 Å². The number of nitrogens with two attached hydrogens (primary N) is 1. The molecule has 0 fully saturated rings. The molecule has 2 N–H and O–H groups in total. The van der Waals surface area contributed by atoms with Crippen LogP contribution in [0.1, 0.15) is 19.8 Å². The first-order valence-electron chi connectivity index (χ1n) is 3.98. The Balaban J connectivity index is 3.51. The van der Waals surface area contributed by atoms with Crippen molar-refractivity contribution in [3.05, 3.63) is 36.5 Å². The average molecular weight is 151 g/mol. The van der Waals surface area contributed by atoms with Gasteiger partial charge in [0.05, 0.1) is 0 Å². The van der Waals surface area contributed by atoms with E-state index >= 15 is 0 Å². The molecular formula is C10H17N. The van der Waals surface area contributed by atoms with Crippen LogP contribution in [0.4, 0.5) is 0 Å². The minimum absolute atomic E-state index is 0.747. The van der Waals surface area contributed by atoms with Gasteiger partial charge in [-0.1, -0.05) is 36.5 Å². The minimum atomic E-state index is 0.747. The molecule has 1 nitrogen and oxygen atoms in total. The summed E-state index contributed by atoms with van der Waals surface area (Å²) in [7, 11) is 0. The second kappa shape index (κ2) is 7.29. The number of rotatable bonds is 5. The largest absolute Gasteiger partial charge is 0.330 e. The van der Waals surface area contributed by atoms with Gasteiger partial charge in [-0.25, -0.2) is 0 Å². The Morgan fingerprint density at radius 1 is 1.45 bits per heavy atom. The van der Waals surface area contributed by atoms with Crippen molar-refractivity contribution in [1.29, 1.82) is 0 Å². The summed E-state index contributed by atoms with van der Waals surface area (Å²) in [5.74, 6) is 0. The van der Waals surface area contributed by atoms with E-state index in [9.17, 15) is 0 Å². The van der Waals surface area contributed by atoms with Crippen LogP contribution in [0.25, 0.3) is 0 Å². The zero-order valence-corrected chi connectivity index (χ0v) is 7.22. The van der Waals surface area contributed by atoms with E-state index in [2.05, 4.69) is 6.58 Å². The molecule has 0 heterocycles. The molecule has 0 aromatic heterocycles. The van der Waals surface area contributed by atoms with Gasteiger partial charge in [-0.3, -0.25) is 0 Å². The van der Waals surface area contributed by atoms with Gasteiger partial charge in [-0.05, 0) is 26.3 Å². The summed E-state index contributed by atoms with van der Waals surface area (Å²) in [4.78, 5) is 0. The van der Waals surface area contributed by atoms with Crippen molar-refractivity contribution in [2.45, 2.75) is 19.8 Å². The van der Waals surface area contributed by atoms with Crippen molar-refractivity contribution >= 4 is 0 Å². The highest BCUT2D eigenvalue weighted by atomic mass is 14.5. The third-order valence-electron chi connectivity index (χ3n) is 1.34. The van der Waals surface area contributed by atoms with Crippen molar-refractivity contribution in [2.75, 3.05) is 6.54 Å². The standard InChI is InChI=1S/C10H17N/c1-3-4-5-7-10(2)8-6-9-11/h3-5,7H,2,6,8-9,11H2,1H3/b4-3-,7-5-. The van der Waals surface area contributed by atoms with Crippen LogP contribution in [0.15, 0.2) is 36.5 Å². The van der Waals surface area contributed by atoms with E-state index in [1.165, 1.54) is 0 Å². The van der Waals surface area contributed by atoms with Crippen LogP contribution >= 0.6 is 0 Å². The highest BCUT2D eigenvalue weighted by molar-refractivity contribution is 5.18. The van der Waals surface area contributed by atoms with Gasteiger partial charge >= 0.3 is 0 Å². The van der Waals surface area contributed by atoms with Crippen molar-refractivity contribution < 1.29 is 0 Å². The zero-order chi connectivity index (χ0) is 8.53. The summed E-state index contributed by atoms with van der Waals surface area (Å²) in [5.41, 5.74) is 6.50. The molecule has 0 rings (SSSR count). The maximum atomic E-state index is 5.35. The Morgan fingerprint density at radius 3 is 2.73 bits per heavy atom. The molecule has 0 saturated heterocycles. The quantitative estimate of drug-likeness (QED) is 0.600. The molecular weight excluding hydrogens is 134 g/mol. The summed E-state index contributed by atoms with van der Waals surface area (Å²) in [6.07, 6.45) is 10.0. The van der Waals surface area contributed by atoms with E-state index in [4.69, 9.17) is 5.73 Å². The summed E-state index contributed by atoms with van der Waals surface area (Å²) in [6, 6.07) is 0. The van der Waals surface area contributed by atoms with Crippen LogP contribution in [-0.2, 0) is 0 Å². The molecule has 0 spiro atoms. The van der Waals surface area contributed by atoms with Gasteiger partial charge in [0.25, 0.3) is 0 Å². The normalized spacial score (nSPS) is 11.5. The van der Waals surface area contributed by atoms with Gasteiger partial charge in [0, 0.05) is 0 Å². The van der Waals surface area contributed by atoms with Gasteiger partial charge in [0.2, 0.25) is 0 Å². The first-order chi connectivity index (χ1) is 5.31. The number of allylic oxidation sites excluding steroid dienone is 5. The van der Waals surface area contributed by atoms with Gasteiger partial charge in [-0.15, -0.1) is 0 Å². The molecule has 62 valence electrons. The van der Waals surface area contributed by atoms with Crippen molar-refractivity contribution in [1.82, 2.24) is 0 Å². The third kappa shape index (κ3) is 7.07. The molecule has 0 aromatic rings. The molecule has 1 heteroatoms. The Hall–Kier alpha value is -0.820. The fourth-order valence-corrected chi connectivity index (χ4v) is 0.715. The zero-order valence-electron chi connectivity index (χ0n) is 7.22. The molecule has 11 heavy (non-hydrogen) atoms. The smallest absolute Gasteiger partial charge is 0.00741 e. The van der Waals surface area contributed by atoms with Gasteiger partial charge in [0.15, 0.2) is 0 Å². The molecule has 0 amide bonds. The highest BCUT2D eigenvalue weighted by Crippen LogP contribution is 2.02. The van der Waals surface area contributed by atoms with Crippen LogP contribution < -0.4 is 5.73 Å². The predicted molar refractivity (Wildman–Crippen MR) is 51.4 cm³/mol. The predicted octanol–water partition coefficient (Wildman–Crippen LogP) is 2.41. The molecule has 0 saturated carbocycles. The minimum Gasteiger partial charge on any atom is -0.330 e. The average Bonchev–Trinajstić information content (AvgIpc) is 2.01. The maximum Gasteiger partial charge on any atom is -0.00741 e. The fourth-order valence-electron chi connectivity index (χ4n) is 0.715. The summed E-state index contributed by atoms with van der Waals surface area (Å²) >= 11 is 0. The van der Waals surface area contributed by atoms with E-state index in [0.717, 1.165) is 25.0 Å². The molecule has 0 bridgehead atoms. The molecule has 0 radical (unpaired) electrons. The first kappa shape index (κ1) is 10.2. The lowest BCUT2D eigenvalue weighted by Gasteiger charge is -1.95. The van der Waals surface area contributed by atoms with Crippen LogP contribution in [0.5, 0.6) is 0 Å². The first-order valence-corrected chi connectivity index (χ1v) is 3.98. The van der Waals surface area contributed by atoms with Crippen LogP contribution in [-0.4, -0.2) is 6.54 Å². The lowest BCUT2D eigenvalue weighted by molar-refractivity contribution is 0.837. The highest BCUT2D eigenvalue weighted by Gasteiger charge is 1.85. The van der Waals surface area contributed by atoms with Crippen LogP contribution in [0.3, 0.4) is 0 Å². The van der Waals surface area contributed by atoms with Crippen LogP contribution in [0.2, 0.25) is 0 Å². The second-order valence-corrected chi connectivity index (χ2v) is 2.44. The Labute approximate surface area is 69.3 Å². The topological polar surface area (TPSA) is 26.0 Å². The second-order valence-electron chi connectivity index (χ2n) is 2.44. The Kier molecular flexibility index (Phi) is 6.75. The fraction of sp³-hybridized carbons (Fsp3) is 0.400. The van der Waals surface area contributed by atoms with Crippen molar-refractivity contribution in [2.24, 2.45) is 5.73 Å². The lowest BCUT2D eigenvalue weighted by Crippen LogP contribution is -1.97. The molecule has 0 atom stereocenters. The Morgan fingerprint density at radius 2 is 2.18 bits per heavy atom. The molecule has 0 aliphatic rings. The van der Waals surface area contributed by atoms with E-state index in [0.29, 0.717) is 0 Å². The molecule has 0 aromatic carbocycles. The van der Waals surface area contributed by atoms with Crippen molar-refractivity contribution in [3.8, 4) is 0 Å². The summed E-state index contributed by atoms with van der Waals surface area (Å²) in [6.45, 7) is 6.63. The number of hydrogen-bond acceptors (Lipinski definition) is 1. The Bertz CT molecular complexity index is 154. The van der Waals surface area contributed by atoms with Gasteiger partial charge in [-0.2, -0.15) is 0 Å². The molecule has 0 aliphatic carbocycles. The lowest BCUT2D eigenvalue weighted by atomic mass is 10.1. The van der Waals surface area contributed by atoms with Crippen LogP contribution in [0, 0.1) is 0 Å². The van der Waals surface area contributed by atoms with Crippen molar-refractivity contribution in [3.63, 3.8) is 0 Å². The van der Waals surface area contributed by atoms with E-state index in [1.807, 2.05) is 31.2 Å².